The molecule has 148 valence electrons. The molecule has 0 radical (unpaired) electrons. The normalized spacial score (nSPS) is 25.3. The molecule has 2 saturated heterocycles. The van der Waals surface area contributed by atoms with Crippen LogP contribution in [0.2, 0.25) is 0 Å². The lowest BCUT2D eigenvalue weighted by molar-refractivity contribution is -0.131. The Labute approximate surface area is 163 Å². The van der Waals surface area contributed by atoms with E-state index in [0.29, 0.717) is 11.3 Å². The molecule has 2 aliphatic heterocycles. The van der Waals surface area contributed by atoms with E-state index in [0.717, 1.165) is 76.1 Å². The Morgan fingerprint density at radius 3 is 2.70 bits per heavy atom. The minimum atomic E-state index is 0.213. The third-order valence-electron chi connectivity index (χ3n) is 6.79. The third-order valence-corrected chi connectivity index (χ3v) is 6.79. The number of carbonyl (C=O) groups is 1. The first-order chi connectivity index (χ1) is 13.0. The van der Waals surface area contributed by atoms with Gasteiger partial charge in [0.1, 0.15) is 0 Å². The van der Waals surface area contributed by atoms with Crippen LogP contribution in [0.3, 0.4) is 0 Å². The van der Waals surface area contributed by atoms with Crippen LogP contribution in [0.1, 0.15) is 44.0 Å². The van der Waals surface area contributed by atoms with Gasteiger partial charge in [-0.2, -0.15) is 0 Å². The summed E-state index contributed by atoms with van der Waals surface area (Å²) in [5.41, 5.74) is 2.53. The van der Waals surface area contributed by atoms with Crippen molar-refractivity contribution in [3.8, 4) is 0 Å². The van der Waals surface area contributed by atoms with Crippen LogP contribution >= 0.6 is 0 Å². The summed E-state index contributed by atoms with van der Waals surface area (Å²) in [5.74, 6) is 1.59. The van der Waals surface area contributed by atoms with Gasteiger partial charge < -0.3 is 9.64 Å². The number of aryl methyl sites for hydroxylation is 1. The minimum absolute atomic E-state index is 0.213. The number of amides is 1. The van der Waals surface area contributed by atoms with E-state index in [1.54, 1.807) is 6.92 Å². The average Bonchev–Trinajstić information content (AvgIpc) is 3.40. The molecule has 1 atom stereocenters. The molecule has 1 aromatic heterocycles. The summed E-state index contributed by atoms with van der Waals surface area (Å²) in [4.78, 5) is 21.0. The van der Waals surface area contributed by atoms with Crippen LogP contribution < -0.4 is 0 Å². The molecule has 3 heterocycles. The summed E-state index contributed by atoms with van der Waals surface area (Å²) in [6, 6.07) is 6.29. The average molecular weight is 372 g/mol. The van der Waals surface area contributed by atoms with Crippen molar-refractivity contribution >= 4 is 5.91 Å². The molecule has 1 amide bonds. The van der Waals surface area contributed by atoms with Crippen molar-refractivity contribution < 1.29 is 9.53 Å². The predicted octanol–water partition coefficient (Wildman–Crippen LogP) is 2.88. The highest BCUT2D eigenvalue weighted by Crippen LogP contribution is 2.45. The number of likely N-dealkylation sites (tertiary alicyclic amines) is 2. The van der Waals surface area contributed by atoms with Crippen LogP contribution in [0.25, 0.3) is 0 Å². The van der Waals surface area contributed by atoms with E-state index in [2.05, 4.69) is 30.0 Å². The first kappa shape index (κ1) is 18.9. The summed E-state index contributed by atoms with van der Waals surface area (Å²) in [7, 11) is 0. The SMILES string of the molecule is CC(=O)N1CCC2(CC1)CN(Cc1cccc(C)n1)CC2COCC1CC1. The molecular weight excluding hydrogens is 338 g/mol. The van der Waals surface area contributed by atoms with Gasteiger partial charge in [-0.25, -0.2) is 0 Å². The second-order valence-corrected chi connectivity index (χ2v) is 8.99. The van der Waals surface area contributed by atoms with Gasteiger partial charge in [0.25, 0.3) is 0 Å². The zero-order valence-corrected chi connectivity index (χ0v) is 16.8. The van der Waals surface area contributed by atoms with Crippen LogP contribution in [-0.2, 0) is 16.1 Å². The summed E-state index contributed by atoms with van der Waals surface area (Å²) in [6.07, 6.45) is 4.88. The van der Waals surface area contributed by atoms with Crippen molar-refractivity contribution in [3.05, 3.63) is 29.6 Å². The van der Waals surface area contributed by atoms with E-state index in [-0.39, 0.29) is 5.91 Å². The lowest BCUT2D eigenvalue weighted by Crippen LogP contribution is -2.46. The zero-order valence-electron chi connectivity index (χ0n) is 16.8. The number of rotatable bonds is 6. The van der Waals surface area contributed by atoms with Gasteiger partial charge in [-0.3, -0.25) is 14.7 Å². The highest BCUT2D eigenvalue weighted by atomic mass is 16.5. The largest absolute Gasteiger partial charge is 0.381 e. The Morgan fingerprint density at radius 1 is 1.26 bits per heavy atom. The second-order valence-electron chi connectivity index (χ2n) is 8.99. The van der Waals surface area contributed by atoms with Gasteiger partial charge in [0.2, 0.25) is 5.91 Å². The molecule has 5 nitrogen and oxygen atoms in total. The topological polar surface area (TPSA) is 45.7 Å². The zero-order chi connectivity index (χ0) is 18.9. The Bertz CT molecular complexity index is 665. The highest BCUT2D eigenvalue weighted by molar-refractivity contribution is 5.73. The van der Waals surface area contributed by atoms with E-state index >= 15 is 0 Å². The van der Waals surface area contributed by atoms with E-state index in [1.165, 1.54) is 12.8 Å². The molecule has 3 fully saturated rings. The van der Waals surface area contributed by atoms with Crippen LogP contribution in [0.5, 0.6) is 0 Å². The van der Waals surface area contributed by atoms with Gasteiger partial charge in [0.05, 0.1) is 12.3 Å². The second kappa shape index (κ2) is 7.88. The third kappa shape index (κ3) is 4.52. The Hall–Kier alpha value is -1.46. The Morgan fingerprint density at radius 2 is 2.04 bits per heavy atom. The van der Waals surface area contributed by atoms with Crippen LogP contribution in [0, 0.1) is 24.2 Å². The van der Waals surface area contributed by atoms with Crippen molar-refractivity contribution in [1.29, 1.82) is 0 Å². The van der Waals surface area contributed by atoms with E-state index in [9.17, 15) is 4.79 Å². The highest BCUT2D eigenvalue weighted by Gasteiger charge is 2.48. The van der Waals surface area contributed by atoms with Gasteiger partial charge in [-0.15, -0.1) is 0 Å². The lowest BCUT2D eigenvalue weighted by Gasteiger charge is -2.42. The van der Waals surface area contributed by atoms with Crippen LogP contribution in [0.4, 0.5) is 0 Å². The fourth-order valence-corrected chi connectivity index (χ4v) is 4.91. The van der Waals surface area contributed by atoms with Crippen molar-refractivity contribution in [2.45, 2.75) is 46.1 Å². The number of aromatic nitrogens is 1. The van der Waals surface area contributed by atoms with Gasteiger partial charge in [0.15, 0.2) is 0 Å². The molecular formula is C22H33N3O2. The van der Waals surface area contributed by atoms with Crippen molar-refractivity contribution in [3.63, 3.8) is 0 Å². The monoisotopic (exact) mass is 371 g/mol. The molecule has 5 heteroatoms. The number of hydrogen-bond acceptors (Lipinski definition) is 4. The molecule has 0 N–H and O–H groups in total. The number of hydrogen-bond donors (Lipinski definition) is 0. The lowest BCUT2D eigenvalue weighted by atomic mass is 9.71. The maximum absolute atomic E-state index is 11.8. The minimum Gasteiger partial charge on any atom is -0.381 e. The predicted molar refractivity (Wildman–Crippen MR) is 105 cm³/mol. The number of carbonyl (C=O) groups excluding carboxylic acids is 1. The molecule has 27 heavy (non-hydrogen) atoms. The standard InChI is InChI=1S/C22H33N3O2/c1-17-4-3-5-21(23-17)13-24-12-20(15-27-14-19-6-7-19)22(16-24)8-10-25(11-9-22)18(2)26/h3-5,19-20H,6-16H2,1-2H3. The van der Waals surface area contributed by atoms with Gasteiger partial charge in [0, 0.05) is 57.9 Å². The molecule has 1 spiro atoms. The van der Waals surface area contributed by atoms with E-state index in [4.69, 9.17) is 9.72 Å². The van der Waals surface area contributed by atoms with Crippen molar-refractivity contribution in [1.82, 2.24) is 14.8 Å². The number of nitrogens with zero attached hydrogens (tertiary/aromatic N) is 3. The summed E-state index contributed by atoms with van der Waals surface area (Å²) in [6.45, 7) is 10.4. The van der Waals surface area contributed by atoms with Crippen LogP contribution in [-0.4, -0.2) is 60.1 Å². The van der Waals surface area contributed by atoms with Crippen molar-refractivity contribution in [2.24, 2.45) is 17.3 Å². The summed E-state index contributed by atoms with van der Waals surface area (Å²) >= 11 is 0. The van der Waals surface area contributed by atoms with Gasteiger partial charge in [-0.1, -0.05) is 6.07 Å². The Kier molecular flexibility index (Phi) is 5.51. The molecule has 1 unspecified atom stereocenters. The summed E-state index contributed by atoms with van der Waals surface area (Å²) in [5, 5.41) is 0. The smallest absolute Gasteiger partial charge is 0.219 e. The molecule has 1 aromatic rings. The fourth-order valence-electron chi connectivity index (χ4n) is 4.91. The number of ether oxygens (including phenoxy) is 1. The van der Waals surface area contributed by atoms with Crippen LogP contribution in [0.15, 0.2) is 18.2 Å². The van der Waals surface area contributed by atoms with Gasteiger partial charge in [-0.05, 0) is 56.1 Å². The fraction of sp³-hybridized carbons (Fsp3) is 0.727. The summed E-state index contributed by atoms with van der Waals surface area (Å²) < 4.78 is 6.14. The van der Waals surface area contributed by atoms with E-state index < -0.39 is 0 Å². The maximum Gasteiger partial charge on any atom is 0.219 e. The van der Waals surface area contributed by atoms with Crippen molar-refractivity contribution in [2.75, 3.05) is 39.4 Å². The first-order valence-electron chi connectivity index (χ1n) is 10.5. The molecule has 0 bridgehead atoms. The molecule has 0 aromatic carbocycles. The maximum atomic E-state index is 11.8. The number of pyridine rings is 1. The quantitative estimate of drug-likeness (QED) is 0.771. The molecule has 1 aliphatic carbocycles. The number of piperidine rings is 1. The molecule has 3 aliphatic rings. The van der Waals surface area contributed by atoms with E-state index in [1.807, 2.05) is 4.90 Å². The van der Waals surface area contributed by atoms with Gasteiger partial charge >= 0.3 is 0 Å². The molecule has 4 rings (SSSR count). The Balaban J connectivity index is 1.42. The molecule has 1 saturated carbocycles. The first-order valence-corrected chi connectivity index (χ1v) is 10.5.